The van der Waals surface area contributed by atoms with Crippen LogP contribution in [-0.2, 0) is 4.79 Å². The van der Waals surface area contributed by atoms with E-state index in [2.05, 4.69) is 15.4 Å². The second-order valence-electron chi connectivity index (χ2n) is 5.89. The Hall–Kier alpha value is -2.96. The third kappa shape index (κ3) is 5.54. The van der Waals surface area contributed by atoms with Crippen LogP contribution in [0.3, 0.4) is 0 Å². The van der Waals surface area contributed by atoms with Crippen LogP contribution < -0.4 is 15.4 Å². The van der Waals surface area contributed by atoms with Crippen molar-refractivity contribution in [3.8, 4) is 5.75 Å². The maximum Gasteiger partial charge on any atom is 0.387 e. The van der Waals surface area contributed by atoms with E-state index < -0.39 is 18.4 Å². The molecule has 0 heterocycles. The van der Waals surface area contributed by atoms with E-state index in [-0.39, 0.29) is 17.9 Å². The van der Waals surface area contributed by atoms with Crippen molar-refractivity contribution in [2.24, 2.45) is 0 Å². The highest BCUT2D eigenvalue weighted by molar-refractivity contribution is 6.00. The lowest BCUT2D eigenvalue weighted by atomic mass is 10.0. The maximum absolute atomic E-state index is 12.4. The fraction of sp³-hybridized carbons (Fsp3) is 0.263. The number of halogens is 2. The lowest BCUT2D eigenvalue weighted by Gasteiger charge is -2.12. The Balaban J connectivity index is 1.95. The molecule has 138 valence electrons. The maximum atomic E-state index is 12.4. The van der Waals surface area contributed by atoms with Gasteiger partial charge >= 0.3 is 6.61 Å². The third-order valence-electron chi connectivity index (χ3n) is 3.59. The van der Waals surface area contributed by atoms with Gasteiger partial charge in [0.2, 0.25) is 5.91 Å². The van der Waals surface area contributed by atoms with E-state index >= 15 is 0 Å². The van der Waals surface area contributed by atoms with Crippen molar-refractivity contribution >= 4 is 17.5 Å². The molecule has 5 nitrogen and oxygen atoms in total. The van der Waals surface area contributed by atoms with Crippen LogP contribution >= 0.6 is 0 Å². The third-order valence-corrected chi connectivity index (χ3v) is 3.59. The van der Waals surface area contributed by atoms with Gasteiger partial charge in [-0.3, -0.25) is 9.59 Å². The topological polar surface area (TPSA) is 67.4 Å². The molecule has 2 N–H and O–H groups in total. The predicted octanol–water partition coefficient (Wildman–Crippen LogP) is 3.78. The van der Waals surface area contributed by atoms with Gasteiger partial charge in [0.1, 0.15) is 5.75 Å². The van der Waals surface area contributed by atoms with E-state index in [4.69, 9.17) is 0 Å². The first-order chi connectivity index (χ1) is 12.4. The number of benzene rings is 2. The molecule has 0 fully saturated rings. The lowest BCUT2D eigenvalue weighted by molar-refractivity contribution is -0.115. The van der Waals surface area contributed by atoms with Gasteiger partial charge < -0.3 is 15.4 Å². The number of nitrogens with one attached hydrogen (secondary N) is 2. The standard InChI is InChI=1S/C19H20F2N2O3/c1-12(2)13-6-5-7-14(10-13)23-17(24)11-22-18(25)15-8-3-4-9-16(15)26-19(20)21/h3-10,12,19H,11H2,1-2H3,(H,22,25)(H,23,24). The molecule has 0 aliphatic rings. The summed E-state index contributed by atoms with van der Waals surface area (Å²) in [6, 6.07) is 13.0. The van der Waals surface area contributed by atoms with Crippen molar-refractivity contribution in [3.63, 3.8) is 0 Å². The molecule has 2 rings (SSSR count). The molecule has 26 heavy (non-hydrogen) atoms. The van der Waals surface area contributed by atoms with E-state index in [1.165, 1.54) is 24.3 Å². The van der Waals surface area contributed by atoms with Gasteiger partial charge in [-0.25, -0.2) is 0 Å². The summed E-state index contributed by atoms with van der Waals surface area (Å²) < 4.78 is 29.1. The average Bonchev–Trinajstić information content (AvgIpc) is 2.60. The van der Waals surface area contributed by atoms with Crippen LogP contribution in [0.1, 0.15) is 35.7 Å². The minimum absolute atomic E-state index is 0.0672. The van der Waals surface area contributed by atoms with E-state index in [0.717, 1.165) is 5.56 Å². The molecule has 7 heteroatoms. The Morgan fingerprint density at radius 3 is 2.50 bits per heavy atom. The van der Waals surface area contributed by atoms with E-state index in [1.807, 2.05) is 32.0 Å². The number of ether oxygens (including phenoxy) is 1. The van der Waals surface area contributed by atoms with Crippen molar-refractivity contribution in [2.75, 3.05) is 11.9 Å². The molecule has 0 saturated carbocycles. The molecule has 0 spiro atoms. The molecule has 0 radical (unpaired) electrons. The zero-order valence-corrected chi connectivity index (χ0v) is 14.5. The molecule has 2 aromatic rings. The van der Waals surface area contributed by atoms with Crippen molar-refractivity contribution in [3.05, 3.63) is 59.7 Å². The Morgan fingerprint density at radius 1 is 1.08 bits per heavy atom. The van der Waals surface area contributed by atoms with Crippen molar-refractivity contribution in [2.45, 2.75) is 26.4 Å². The zero-order chi connectivity index (χ0) is 19.1. The summed E-state index contributed by atoms with van der Waals surface area (Å²) >= 11 is 0. The number of para-hydroxylation sites is 1. The molecule has 0 atom stereocenters. The second kappa shape index (κ2) is 8.94. The molecule has 2 aromatic carbocycles. The van der Waals surface area contributed by atoms with Crippen LogP contribution in [0.4, 0.5) is 14.5 Å². The number of alkyl halides is 2. The highest BCUT2D eigenvalue weighted by Gasteiger charge is 2.16. The minimum Gasteiger partial charge on any atom is -0.434 e. The van der Waals surface area contributed by atoms with Crippen molar-refractivity contribution < 1.29 is 23.1 Å². The second-order valence-corrected chi connectivity index (χ2v) is 5.89. The first kappa shape index (κ1) is 19.4. The van der Waals surface area contributed by atoms with Crippen molar-refractivity contribution in [1.29, 1.82) is 0 Å². The monoisotopic (exact) mass is 362 g/mol. The summed E-state index contributed by atoms with van der Waals surface area (Å²) in [6.45, 7) is 0.744. The molecule has 0 aliphatic heterocycles. The average molecular weight is 362 g/mol. The molecule has 0 unspecified atom stereocenters. The summed E-state index contributed by atoms with van der Waals surface area (Å²) in [4.78, 5) is 24.1. The van der Waals surface area contributed by atoms with Gasteiger partial charge in [-0.15, -0.1) is 0 Å². The van der Waals surface area contributed by atoms with Crippen LogP contribution in [0, 0.1) is 0 Å². The lowest BCUT2D eigenvalue weighted by Crippen LogP contribution is -2.33. The molecular formula is C19H20F2N2O3. The number of carbonyl (C=O) groups excluding carboxylic acids is 2. The largest absolute Gasteiger partial charge is 0.434 e. The fourth-order valence-corrected chi connectivity index (χ4v) is 2.29. The summed E-state index contributed by atoms with van der Waals surface area (Å²) in [7, 11) is 0. The molecule has 0 aliphatic carbocycles. The normalized spacial score (nSPS) is 10.7. The summed E-state index contributed by atoms with van der Waals surface area (Å²) in [5.74, 6) is -1.03. The van der Waals surface area contributed by atoms with E-state index in [9.17, 15) is 18.4 Å². The molecule has 0 saturated heterocycles. The number of anilines is 1. The first-order valence-corrected chi connectivity index (χ1v) is 8.08. The molecule has 0 bridgehead atoms. The molecular weight excluding hydrogens is 342 g/mol. The smallest absolute Gasteiger partial charge is 0.387 e. The van der Waals surface area contributed by atoms with Gasteiger partial charge in [0.15, 0.2) is 0 Å². The SMILES string of the molecule is CC(C)c1cccc(NC(=O)CNC(=O)c2ccccc2OC(F)F)c1. The Bertz CT molecular complexity index is 779. The number of hydrogen-bond acceptors (Lipinski definition) is 3. The summed E-state index contributed by atoms with van der Waals surface area (Å²) in [5, 5.41) is 5.08. The molecule has 0 aromatic heterocycles. The highest BCUT2D eigenvalue weighted by atomic mass is 19.3. The van der Waals surface area contributed by atoms with Crippen LogP contribution in [0.25, 0.3) is 0 Å². The van der Waals surface area contributed by atoms with Gasteiger partial charge in [0.05, 0.1) is 12.1 Å². The summed E-state index contributed by atoms with van der Waals surface area (Å²) in [5.41, 5.74) is 1.63. The Morgan fingerprint density at radius 2 is 1.81 bits per heavy atom. The van der Waals surface area contributed by atoms with Gasteiger partial charge in [-0.1, -0.05) is 38.1 Å². The van der Waals surface area contributed by atoms with E-state index in [1.54, 1.807) is 6.07 Å². The van der Waals surface area contributed by atoms with Crippen LogP contribution in [0.5, 0.6) is 5.75 Å². The number of rotatable bonds is 7. The summed E-state index contributed by atoms with van der Waals surface area (Å²) in [6.07, 6.45) is 0. The highest BCUT2D eigenvalue weighted by Crippen LogP contribution is 2.20. The van der Waals surface area contributed by atoms with Gasteiger partial charge in [-0.2, -0.15) is 8.78 Å². The van der Waals surface area contributed by atoms with Crippen LogP contribution in [0.15, 0.2) is 48.5 Å². The predicted molar refractivity (Wildman–Crippen MR) is 94.6 cm³/mol. The first-order valence-electron chi connectivity index (χ1n) is 8.08. The van der Waals surface area contributed by atoms with Crippen molar-refractivity contribution in [1.82, 2.24) is 5.32 Å². The van der Waals surface area contributed by atoms with Gasteiger partial charge in [0, 0.05) is 5.69 Å². The zero-order valence-electron chi connectivity index (χ0n) is 14.5. The van der Waals surface area contributed by atoms with E-state index in [0.29, 0.717) is 11.6 Å². The quantitative estimate of drug-likeness (QED) is 0.788. The number of carbonyl (C=O) groups is 2. The molecule has 2 amide bonds. The fourth-order valence-electron chi connectivity index (χ4n) is 2.29. The number of hydrogen-bond donors (Lipinski definition) is 2. The van der Waals surface area contributed by atoms with Crippen LogP contribution in [0.2, 0.25) is 0 Å². The van der Waals surface area contributed by atoms with Crippen LogP contribution in [-0.4, -0.2) is 25.0 Å². The number of amides is 2. The Labute approximate surface area is 150 Å². The minimum atomic E-state index is -3.04. The Kier molecular flexibility index (Phi) is 6.66. The van der Waals surface area contributed by atoms with Gasteiger partial charge in [-0.05, 0) is 35.7 Å². The van der Waals surface area contributed by atoms with Gasteiger partial charge in [0.25, 0.3) is 5.91 Å².